The smallest absolute Gasteiger partial charge is 0.345 e. The molecule has 0 fully saturated rings. The lowest BCUT2D eigenvalue weighted by Gasteiger charge is -2.41. The van der Waals surface area contributed by atoms with Gasteiger partial charge in [0, 0.05) is 17.0 Å². The molecular weight excluding hydrogens is 492 g/mol. The van der Waals surface area contributed by atoms with Gasteiger partial charge in [-0.15, -0.1) is 0 Å². The number of phenols is 1. The second-order valence-electron chi connectivity index (χ2n) is 11.0. The van der Waals surface area contributed by atoms with Crippen molar-refractivity contribution in [3.05, 3.63) is 76.4 Å². The van der Waals surface area contributed by atoms with Gasteiger partial charge < -0.3 is 19.3 Å². The van der Waals surface area contributed by atoms with E-state index in [9.17, 15) is 14.7 Å². The van der Waals surface area contributed by atoms with Crippen molar-refractivity contribution in [2.75, 3.05) is 7.11 Å². The van der Waals surface area contributed by atoms with Crippen LogP contribution in [0.3, 0.4) is 0 Å². The highest BCUT2D eigenvalue weighted by molar-refractivity contribution is 5.97. The number of unbranched alkanes of at least 4 members (excludes halogenated alkanes) is 2. The standard InChI is InChI=1S/C33H40O6/c1-7-8-9-10-23-18-28(35)30(27-17-21(4)11-16-26(27)20(2)3)31-29(23)32(36)39-33(38-31,19-22(5)34)24-12-14-25(37-6)15-13-24/h12-15,17-18,26-27,35H,2,7-11,16,19H2,1,3-6H3. The van der Waals surface area contributed by atoms with Crippen molar-refractivity contribution in [3.63, 3.8) is 0 Å². The van der Waals surface area contributed by atoms with Gasteiger partial charge in [-0.25, -0.2) is 4.79 Å². The zero-order valence-corrected chi connectivity index (χ0v) is 23.8. The lowest BCUT2D eigenvalue weighted by molar-refractivity contribution is -0.172. The number of esters is 1. The largest absolute Gasteiger partial charge is 0.507 e. The zero-order chi connectivity index (χ0) is 28.3. The van der Waals surface area contributed by atoms with Crippen LogP contribution in [0.5, 0.6) is 17.2 Å². The Kier molecular flexibility index (Phi) is 8.53. The molecule has 3 atom stereocenters. The number of carbonyl (C=O) groups is 2. The summed E-state index contributed by atoms with van der Waals surface area (Å²) in [6.07, 6.45) is 7.30. The van der Waals surface area contributed by atoms with Gasteiger partial charge in [0.1, 0.15) is 28.6 Å². The molecule has 0 saturated carbocycles. The van der Waals surface area contributed by atoms with Crippen LogP contribution < -0.4 is 9.47 Å². The molecule has 208 valence electrons. The van der Waals surface area contributed by atoms with Gasteiger partial charge in [0.25, 0.3) is 5.79 Å². The number of aromatic hydroxyl groups is 1. The molecule has 2 aliphatic rings. The maximum atomic E-state index is 13.9. The van der Waals surface area contributed by atoms with Crippen LogP contribution in [0, 0.1) is 5.92 Å². The fourth-order valence-electron chi connectivity index (χ4n) is 5.88. The molecule has 0 saturated heterocycles. The highest BCUT2D eigenvalue weighted by atomic mass is 16.7. The number of carbonyl (C=O) groups excluding carboxylic acids is 2. The molecule has 0 radical (unpaired) electrons. The van der Waals surface area contributed by atoms with Crippen molar-refractivity contribution >= 4 is 11.8 Å². The number of phenolic OH excluding ortho intramolecular Hbond substituents is 1. The number of benzene rings is 2. The number of hydrogen-bond donors (Lipinski definition) is 1. The molecule has 0 amide bonds. The Labute approximate surface area is 231 Å². The quantitative estimate of drug-likeness (QED) is 0.193. The maximum absolute atomic E-state index is 13.9. The highest BCUT2D eigenvalue weighted by Gasteiger charge is 2.48. The summed E-state index contributed by atoms with van der Waals surface area (Å²) in [4.78, 5) is 26.5. The number of allylic oxidation sites excluding steroid dienone is 3. The molecule has 6 heteroatoms. The minimum absolute atomic E-state index is 0.0689. The molecule has 6 nitrogen and oxygen atoms in total. The Hall–Kier alpha value is -3.54. The first-order chi connectivity index (χ1) is 18.6. The minimum Gasteiger partial charge on any atom is -0.507 e. The van der Waals surface area contributed by atoms with Crippen LogP contribution in [0.25, 0.3) is 0 Å². The van der Waals surface area contributed by atoms with Crippen molar-refractivity contribution in [2.24, 2.45) is 5.92 Å². The third kappa shape index (κ3) is 5.75. The van der Waals surface area contributed by atoms with Crippen LogP contribution in [-0.4, -0.2) is 24.0 Å². The second kappa shape index (κ2) is 11.7. The number of hydrogen-bond acceptors (Lipinski definition) is 6. The van der Waals surface area contributed by atoms with Gasteiger partial charge >= 0.3 is 5.97 Å². The molecule has 2 aromatic carbocycles. The van der Waals surface area contributed by atoms with E-state index in [4.69, 9.17) is 14.2 Å². The molecule has 4 rings (SSSR count). The van der Waals surface area contributed by atoms with Crippen molar-refractivity contribution in [1.29, 1.82) is 0 Å². The van der Waals surface area contributed by atoms with Crippen LogP contribution >= 0.6 is 0 Å². The monoisotopic (exact) mass is 532 g/mol. The third-order valence-corrected chi connectivity index (χ3v) is 7.88. The maximum Gasteiger partial charge on any atom is 0.345 e. The summed E-state index contributed by atoms with van der Waals surface area (Å²) in [5, 5.41) is 11.5. The summed E-state index contributed by atoms with van der Waals surface area (Å²) in [5.41, 5.74) is 4.32. The van der Waals surface area contributed by atoms with E-state index in [0.29, 0.717) is 40.2 Å². The molecule has 0 bridgehead atoms. The SMILES string of the molecule is C=C(C)C1CCC(C)=CC1c1c(O)cc(CCCCC)c2c1OC(CC(C)=O)(c1ccc(OC)cc1)OC2=O. The van der Waals surface area contributed by atoms with Gasteiger partial charge in [0.2, 0.25) is 0 Å². The first-order valence-corrected chi connectivity index (χ1v) is 13.9. The third-order valence-electron chi connectivity index (χ3n) is 7.88. The molecular formula is C33H40O6. The van der Waals surface area contributed by atoms with Gasteiger partial charge in [-0.2, -0.15) is 0 Å². The molecule has 1 aliphatic heterocycles. The Balaban J connectivity index is 1.96. The van der Waals surface area contributed by atoms with E-state index in [-0.39, 0.29) is 29.8 Å². The average Bonchev–Trinajstić information content (AvgIpc) is 2.88. The Morgan fingerprint density at radius 2 is 1.90 bits per heavy atom. The number of ketones is 1. The number of Topliss-reactive ketones (excluding diaryl/α,β-unsaturated/α-hetero) is 1. The number of fused-ring (bicyclic) bond motifs is 1. The molecule has 0 aromatic heterocycles. The van der Waals surface area contributed by atoms with E-state index in [1.165, 1.54) is 12.5 Å². The highest BCUT2D eigenvalue weighted by Crippen LogP contribution is 2.52. The summed E-state index contributed by atoms with van der Waals surface area (Å²) in [6.45, 7) is 11.9. The summed E-state index contributed by atoms with van der Waals surface area (Å²) in [7, 11) is 1.57. The van der Waals surface area contributed by atoms with Crippen LogP contribution in [0.4, 0.5) is 0 Å². The lowest BCUT2D eigenvalue weighted by Crippen LogP contribution is -2.44. The van der Waals surface area contributed by atoms with Gasteiger partial charge in [0.15, 0.2) is 0 Å². The van der Waals surface area contributed by atoms with E-state index in [0.717, 1.165) is 37.7 Å². The van der Waals surface area contributed by atoms with Crippen molar-refractivity contribution < 1.29 is 28.9 Å². The second-order valence-corrected chi connectivity index (χ2v) is 11.0. The van der Waals surface area contributed by atoms with Gasteiger partial charge in [0.05, 0.1) is 13.5 Å². The predicted molar refractivity (Wildman–Crippen MR) is 151 cm³/mol. The van der Waals surface area contributed by atoms with Crippen molar-refractivity contribution in [2.45, 2.75) is 84.3 Å². The number of methoxy groups -OCH3 is 1. The summed E-state index contributed by atoms with van der Waals surface area (Å²) < 4.78 is 18.1. The summed E-state index contributed by atoms with van der Waals surface area (Å²) in [5.74, 6) is -1.56. The molecule has 2 aromatic rings. The van der Waals surface area contributed by atoms with E-state index < -0.39 is 11.8 Å². The van der Waals surface area contributed by atoms with Crippen molar-refractivity contribution in [1.82, 2.24) is 0 Å². The molecule has 0 spiro atoms. The summed E-state index contributed by atoms with van der Waals surface area (Å²) in [6, 6.07) is 8.67. The number of aryl methyl sites for hydroxylation is 1. The van der Waals surface area contributed by atoms with Crippen molar-refractivity contribution in [3.8, 4) is 17.2 Å². The topological polar surface area (TPSA) is 82.1 Å². The van der Waals surface area contributed by atoms with Crippen LogP contribution in [0.2, 0.25) is 0 Å². The van der Waals surface area contributed by atoms with Gasteiger partial charge in [-0.3, -0.25) is 4.79 Å². The van der Waals surface area contributed by atoms with E-state index in [2.05, 4.69) is 26.5 Å². The van der Waals surface area contributed by atoms with E-state index in [1.807, 2.05) is 6.92 Å². The molecule has 39 heavy (non-hydrogen) atoms. The normalized spacial score (nSPS) is 22.3. The molecule has 3 unspecified atom stereocenters. The van der Waals surface area contributed by atoms with Crippen LogP contribution in [0.1, 0.15) is 99.2 Å². The number of ether oxygens (including phenoxy) is 3. The zero-order valence-electron chi connectivity index (χ0n) is 23.8. The lowest BCUT2D eigenvalue weighted by atomic mass is 9.73. The number of cyclic esters (lactones) is 1. The first kappa shape index (κ1) is 28.5. The van der Waals surface area contributed by atoms with Crippen LogP contribution in [0.15, 0.2) is 54.1 Å². The molecule has 1 heterocycles. The summed E-state index contributed by atoms with van der Waals surface area (Å²) >= 11 is 0. The Morgan fingerprint density at radius 3 is 2.51 bits per heavy atom. The molecule has 1 aliphatic carbocycles. The Bertz CT molecular complexity index is 1290. The van der Waals surface area contributed by atoms with Gasteiger partial charge in [-0.05, 0) is 88.3 Å². The molecule has 1 N–H and O–H groups in total. The minimum atomic E-state index is -1.67. The fraction of sp³-hybridized carbons (Fsp3) is 0.455. The van der Waals surface area contributed by atoms with Gasteiger partial charge in [-0.1, -0.05) is 43.6 Å². The van der Waals surface area contributed by atoms with E-state index in [1.54, 1.807) is 37.4 Å². The van der Waals surface area contributed by atoms with Crippen LogP contribution in [-0.2, 0) is 21.7 Å². The first-order valence-electron chi connectivity index (χ1n) is 13.9. The fourth-order valence-corrected chi connectivity index (χ4v) is 5.88. The Morgan fingerprint density at radius 1 is 1.18 bits per heavy atom. The average molecular weight is 533 g/mol. The number of rotatable bonds is 10. The van der Waals surface area contributed by atoms with E-state index >= 15 is 0 Å². The predicted octanol–water partition coefficient (Wildman–Crippen LogP) is 7.53.